The Hall–Kier alpha value is -6.36. The maximum Gasteiger partial charge on any atom is 0.137 e. The van der Waals surface area contributed by atoms with Gasteiger partial charge >= 0.3 is 0 Å². The lowest BCUT2D eigenvalue weighted by atomic mass is 10.0. The number of aromatic nitrogens is 1. The molecule has 11 aromatic rings. The van der Waals surface area contributed by atoms with Crippen LogP contribution >= 0.6 is 11.3 Å². The summed E-state index contributed by atoms with van der Waals surface area (Å²) in [7, 11) is 0. The first-order valence-electron chi connectivity index (χ1n) is 16.9. The minimum atomic E-state index is 0.873. The second-order valence-electron chi connectivity index (χ2n) is 12.9. The number of fused-ring (bicyclic) bond motifs is 11. The van der Waals surface area contributed by atoms with Crippen molar-refractivity contribution in [2.75, 3.05) is 4.90 Å². The number of hydrogen-bond donors (Lipinski definition) is 0. The van der Waals surface area contributed by atoms with Crippen LogP contribution in [0.25, 0.3) is 80.4 Å². The minimum Gasteiger partial charge on any atom is -0.456 e. The third-order valence-electron chi connectivity index (χ3n) is 10.1. The van der Waals surface area contributed by atoms with Crippen molar-refractivity contribution in [3.63, 3.8) is 0 Å². The van der Waals surface area contributed by atoms with Crippen LogP contribution in [-0.4, -0.2) is 4.57 Å². The molecule has 234 valence electrons. The van der Waals surface area contributed by atoms with Crippen LogP contribution < -0.4 is 4.90 Å². The van der Waals surface area contributed by atoms with E-state index in [1.165, 1.54) is 47.2 Å². The van der Waals surface area contributed by atoms with Crippen LogP contribution in [-0.2, 0) is 0 Å². The molecule has 0 aliphatic heterocycles. The predicted octanol–water partition coefficient (Wildman–Crippen LogP) is 13.7. The fraction of sp³-hybridized carbons (Fsp3) is 0. The number of hydrogen-bond acceptors (Lipinski definition) is 3. The fourth-order valence-electron chi connectivity index (χ4n) is 8.01. The van der Waals surface area contributed by atoms with Gasteiger partial charge < -0.3 is 13.9 Å². The molecule has 4 heteroatoms. The van der Waals surface area contributed by atoms with Crippen molar-refractivity contribution in [3.05, 3.63) is 170 Å². The molecule has 0 atom stereocenters. The van der Waals surface area contributed by atoms with E-state index in [1.807, 2.05) is 17.4 Å². The maximum atomic E-state index is 6.52. The number of para-hydroxylation sites is 4. The monoisotopic (exact) mass is 656 g/mol. The molecule has 0 saturated heterocycles. The SMILES string of the molecule is c1ccc(-n2c3ccccc3c3cccc(N(c4ccc5c(c4)oc4ccccc45)c4cc5ccccc5c5c4sc4ccccc45)c32)cc1. The number of benzene rings is 8. The molecule has 8 aromatic carbocycles. The molecular formula is C46H28N2OS. The average molecular weight is 657 g/mol. The average Bonchev–Trinajstić information content (AvgIpc) is 3.85. The zero-order valence-corrected chi connectivity index (χ0v) is 27.7. The molecule has 3 nitrogen and oxygen atoms in total. The summed E-state index contributed by atoms with van der Waals surface area (Å²) in [6.07, 6.45) is 0. The summed E-state index contributed by atoms with van der Waals surface area (Å²) >= 11 is 1.87. The molecule has 3 heterocycles. The number of furan rings is 1. The molecule has 0 aliphatic carbocycles. The molecule has 50 heavy (non-hydrogen) atoms. The van der Waals surface area contributed by atoms with Gasteiger partial charge in [-0.2, -0.15) is 0 Å². The van der Waals surface area contributed by atoms with Crippen molar-refractivity contribution >= 4 is 103 Å². The molecular weight excluding hydrogens is 629 g/mol. The summed E-state index contributed by atoms with van der Waals surface area (Å²) in [5.74, 6) is 0. The van der Waals surface area contributed by atoms with Crippen molar-refractivity contribution in [1.29, 1.82) is 0 Å². The maximum absolute atomic E-state index is 6.52. The summed E-state index contributed by atoms with van der Waals surface area (Å²) < 4.78 is 11.5. The Balaban J connectivity index is 1.31. The Bertz CT molecular complexity index is 3110. The second kappa shape index (κ2) is 10.6. The van der Waals surface area contributed by atoms with Crippen molar-refractivity contribution in [1.82, 2.24) is 4.57 Å². The number of anilines is 3. The molecule has 0 spiro atoms. The van der Waals surface area contributed by atoms with Crippen LogP contribution in [0.2, 0.25) is 0 Å². The van der Waals surface area contributed by atoms with Crippen molar-refractivity contribution < 1.29 is 4.42 Å². The van der Waals surface area contributed by atoms with Crippen LogP contribution in [0.5, 0.6) is 0 Å². The molecule has 0 radical (unpaired) electrons. The highest BCUT2D eigenvalue weighted by molar-refractivity contribution is 7.26. The summed E-state index contributed by atoms with van der Waals surface area (Å²) in [6.45, 7) is 0. The largest absolute Gasteiger partial charge is 0.456 e. The van der Waals surface area contributed by atoms with Crippen LogP contribution in [0.1, 0.15) is 0 Å². The Morgan fingerprint density at radius 1 is 0.480 bits per heavy atom. The second-order valence-corrected chi connectivity index (χ2v) is 13.9. The minimum absolute atomic E-state index is 0.873. The van der Waals surface area contributed by atoms with Gasteiger partial charge in [0.15, 0.2) is 0 Å². The molecule has 0 amide bonds. The lowest BCUT2D eigenvalue weighted by Crippen LogP contribution is -2.12. The third kappa shape index (κ3) is 3.91. The van der Waals surface area contributed by atoms with E-state index in [4.69, 9.17) is 4.42 Å². The van der Waals surface area contributed by atoms with Crippen molar-refractivity contribution in [3.8, 4) is 5.69 Å². The number of thiophene rings is 1. The van der Waals surface area contributed by atoms with E-state index in [2.05, 4.69) is 173 Å². The first-order valence-corrected chi connectivity index (χ1v) is 17.8. The predicted molar refractivity (Wildman–Crippen MR) is 213 cm³/mol. The van der Waals surface area contributed by atoms with Gasteiger partial charge in [-0.25, -0.2) is 0 Å². The summed E-state index contributed by atoms with van der Waals surface area (Å²) in [6, 6.07) is 61.2. The summed E-state index contributed by atoms with van der Waals surface area (Å²) in [5, 5.41) is 9.75. The Kier molecular flexibility index (Phi) is 5.83. The molecule has 0 saturated carbocycles. The summed E-state index contributed by atoms with van der Waals surface area (Å²) in [5.41, 5.74) is 8.53. The van der Waals surface area contributed by atoms with Gasteiger partial charge in [-0.05, 0) is 65.4 Å². The quantitative estimate of drug-likeness (QED) is 0.188. The van der Waals surface area contributed by atoms with E-state index in [1.54, 1.807) is 0 Å². The highest BCUT2D eigenvalue weighted by Gasteiger charge is 2.25. The molecule has 11 rings (SSSR count). The number of nitrogens with zero attached hydrogens (tertiary/aromatic N) is 2. The fourth-order valence-corrected chi connectivity index (χ4v) is 9.23. The molecule has 0 N–H and O–H groups in total. The van der Waals surface area contributed by atoms with Gasteiger partial charge in [-0.15, -0.1) is 11.3 Å². The first-order chi connectivity index (χ1) is 24.8. The highest BCUT2D eigenvalue weighted by Crippen LogP contribution is 2.50. The highest BCUT2D eigenvalue weighted by atomic mass is 32.1. The summed E-state index contributed by atoms with van der Waals surface area (Å²) in [4.78, 5) is 2.47. The Morgan fingerprint density at radius 3 is 2.08 bits per heavy atom. The van der Waals surface area contributed by atoms with Gasteiger partial charge in [0.1, 0.15) is 11.2 Å². The Morgan fingerprint density at radius 2 is 1.18 bits per heavy atom. The van der Waals surface area contributed by atoms with Crippen LogP contribution in [0.3, 0.4) is 0 Å². The van der Waals surface area contributed by atoms with Gasteiger partial charge in [0.25, 0.3) is 0 Å². The smallest absolute Gasteiger partial charge is 0.137 e. The van der Waals surface area contributed by atoms with Crippen LogP contribution in [0.4, 0.5) is 17.1 Å². The zero-order chi connectivity index (χ0) is 32.8. The van der Waals surface area contributed by atoms with Crippen molar-refractivity contribution in [2.45, 2.75) is 0 Å². The van der Waals surface area contributed by atoms with Gasteiger partial charge in [0.2, 0.25) is 0 Å². The third-order valence-corrected chi connectivity index (χ3v) is 11.3. The standard InChI is InChI=1S/C46H28N2OS/c1-2-14-30(15-3-1)48-38-21-9-6-17-33(38)36-20-12-22-39(45(36)48)47(31-25-26-35-34-18-7-10-23-41(34)49-42(35)28-31)40-27-29-13-4-5-16-32(29)44-37-19-8-11-24-43(37)50-46(40)44/h1-28H. The van der Waals surface area contributed by atoms with E-state index >= 15 is 0 Å². The molecule has 0 bridgehead atoms. The van der Waals surface area contributed by atoms with Gasteiger partial charge in [-0.1, -0.05) is 109 Å². The molecule has 3 aromatic heterocycles. The normalized spacial score (nSPS) is 12.0. The molecule has 0 unspecified atom stereocenters. The first kappa shape index (κ1) is 27.6. The van der Waals surface area contributed by atoms with Gasteiger partial charge in [0, 0.05) is 48.8 Å². The van der Waals surface area contributed by atoms with E-state index in [0.717, 1.165) is 50.2 Å². The lowest BCUT2D eigenvalue weighted by molar-refractivity contribution is 0.669. The van der Waals surface area contributed by atoms with Crippen LogP contribution in [0, 0.1) is 0 Å². The van der Waals surface area contributed by atoms with Gasteiger partial charge in [-0.3, -0.25) is 0 Å². The zero-order valence-electron chi connectivity index (χ0n) is 26.9. The van der Waals surface area contributed by atoms with E-state index in [0.29, 0.717) is 0 Å². The van der Waals surface area contributed by atoms with E-state index < -0.39 is 0 Å². The van der Waals surface area contributed by atoms with Gasteiger partial charge in [0.05, 0.1) is 32.8 Å². The molecule has 0 aliphatic rings. The van der Waals surface area contributed by atoms with E-state index in [9.17, 15) is 0 Å². The van der Waals surface area contributed by atoms with Crippen LogP contribution in [0.15, 0.2) is 174 Å². The molecule has 0 fully saturated rings. The topological polar surface area (TPSA) is 21.3 Å². The van der Waals surface area contributed by atoms with Crippen molar-refractivity contribution in [2.24, 2.45) is 0 Å². The van der Waals surface area contributed by atoms with E-state index in [-0.39, 0.29) is 0 Å². The Labute approximate surface area is 291 Å². The lowest BCUT2D eigenvalue weighted by Gasteiger charge is -2.28. The number of rotatable bonds is 4.